The molecule has 2 N–H and O–H groups in total. The lowest BCUT2D eigenvalue weighted by molar-refractivity contribution is 0.102. The van der Waals surface area contributed by atoms with Crippen LogP contribution in [0.1, 0.15) is 53.0 Å². The Bertz CT molecular complexity index is 1340. The number of nitrogens with zero attached hydrogens (tertiary/aromatic N) is 5. The third-order valence-electron chi connectivity index (χ3n) is 6.52. The summed E-state index contributed by atoms with van der Waals surface area (Å²) in [6, 6.07) is 14.6. The molecule has 36 heavy (non-hydrogen) atoms. The Balaban J connectivity index is 1.17. The van der Waals surface area contributed by atoms with Crippen molar-refractivity contribution in [3.05, 3.63) is 77.2 Å². The Morgan fingerprint density at radius 2 is 1.69 bits per heavy atom. The Labute approximate surface area is 209 Å². The number of carbonyl (C=O) groups excluding carboxylic acids is 1. The van der Waals surface area contributed by atoms with Crippen molar-refractivity contribution in [1.82, 2.24) is 25.0 Å². The van der Waals surface area contributed by atoms with E-state index in [0.717, 1.165) is 35.5 Å². The third-order valence-corrected chi connectivity index (χ3v) is 6.52. The summed E-state index contributed by atoms with van der Waals surface area (Å²) < 4.78 is 7.66. The van der Waals surface area contributed by atoms with Crippen LogP contribution in [0.25, 0.3) is 5.82 Å². The quantitative estimate of drug-likeness (QED) is 0.367. The Morgan fingerprint density at radius 3 is 2.31 bits per heavy atom. The average molecular weight is 484 g/mol. The van der Waals surface area contributed by atoms with Crippen LogP contribution < -0.4 is 15.4 Å². The zero-order valence-electron chi connectivity index (χ0n) is 20.7. The first-order valence-electron chi connectivity index (χ1n) is 12.1. The maximum Gasteiger partial charge on any atom is 0.257 e. The number of aryl methyl sites for hydroxylation is 1. The third kappa shape index (κ3) is 5.19. The fourth-order valence-corrected chi connectivity index (χ4v) is 4.20. The molecule has 0 radical (unpaired) electrons. The molecule has 0 atom stereocenters. The highest BCUT2D eigenvalue weighted by Gasteiger charge is 2.17. The van der Waals surface area contributed by atoms with Gasteiger partial charge in [-0.2, -0.15) is 5.10 Å². The SMILES string of the molecule is Cc1nn(-c2ccc(Nc3ccc(NC(=O)c4ccc(OC5CCCC5)nc4)cc3)nn2)c(C)c1C. The number of amides is 1. The molecule has 9 heteroatoms. The maximum absolute atomic E-state index is 12.6. The lowest BCUT2D eigenvalue weighted by Crippen LogP contribution is -2.14. The summed E-state index contributed by atoms with van der Waals surface area (Å²) in [7, 11) is 0. The smallest absolute Gasteiger partial charge is 0.257 e. The van der Waals surface area contributed by atoms with E-state index >= 15 is 0 Å². The number of aromatic nitrogens is 5. The summed E-state index contributed by atoms with van der Waals surface area (Å²) in [5, 5.41) is 19.2. The Kier molecular flexibility index (Phi) is 6.62. The van der Waals surface area contributed by atoms with Crippen molar-refractivity contribution in [2.75, 3.05) is 10.6 Å². The molecule has 5 rings (SSSR count). The Hall–Kier alpha value is -4.27. The van der Waals surface area contributed by atoms with E-state index in [2.05, 4.69) is 30.9 Å². The minimum Gasteiger partial charge on any atom is -0.474 e. The van der Waals surface area contributed by atoms with Gasteiger partial charge < -0.3 is 15.4 Å². The predicted molar refractivity (Wildman–Crippen MR) is 138 cm³/mol. The molecular formula is C27H29N7O2. The summed E-state index contributed by atoms with van der Waals surface area (Å²) >= 11 is 0. The fraction of sp³-hybridized carbons (Fsp3) is 0.296. The van der Waals surface area contributed by atoms with Crippen molar-refractivity contribution >= 4 is 23.1 Å². The molecular weight excluding hydrogens is 454 g/mol. The van der Waals surface area contributed by atoms with Crippen LogP contribution in [0.15, 0.2) is 54.7 Å². The summed E-state index contributed by atoms with van der Waals surface area (Å²) in [5.41, 5.74) is 5.15. The van der Waals surface area contributed by atoms with Gasteiger partial charge in [0.1, 0.15) is 6.10 Å². The maximum atomic E-state index is 12.6. The number of ether oxygens (including phenoxy) is 1. The Morgan fingerprint density at radius 1 is 0.944 bits per heavy atom. The number of carbonyl (C=O) groups is 1. The first kappa shape index (κ1) is 23.5. The largest absolute Gasteiger partial charge is 0.474 e. The first-order valence-corrected chi connectivity index (χ1v) is 12.1. The van der Waals surface area contributed by atoms with Gasteiger partial charge in [0.05, 0.1) is 11.3 Å². The summed E-state index contributed by atoms with van der Waals surface area (Å²) in [5.74, 6) is 1.62. The van der Waals surface area contributed by atoms with Gasteiger partial charge in [0, 0.05) is 29.3 Å². The van der Waals surface area contributed by atoms with Gasteiger partial charge in [-0.05, 0) is 94.5 Å². The number of hydrogen-bond acceptors (Lipinski definition) is 7. The summed E-state index contributed by atoms with van der Waals surface area (Å²) in [4.78, 5) is 16.9. The number of benzene rings is 1. The van der Waals surface area contributed by atoms with Gasteiger partial charge in [-0.1, -0.05) is 0 Å². The van der Waals surface area contributed by atoms with Crippen molar-refractivity contribution in [1.29, 1.82) is 0 Å². The standard InChI is InChI=1S/C27H29N7O2/c1-17-18(2)33-34(19(17)3)25-14-13-24(31-32-25)29-21-9-11-22(12-10-21)30-27(35)20-8-15-26(28-16-20)36-23-6-4-5-7-23/h8-16,23H,4-7H2,1-3H3,(H,29,31)(H,30,35). The molecule has 0 bridgehead atoms. The average Bonchev–Trinajstić information content (AvgIpc) is 3.50. The zero-order valence-corrected chi connectivity index (χ0v) is 20.7. The molecule has 0 spiro atoms. The molecule has 184 valence electrons. The summed E-state index contributed by atoms with van der Waals surface area (Å²) in [6.45, 7) is 6.04. The van der Waals surface area contributed by atoms with Crippen LogP contribution in [0.4, 0.5) is 17.2 Å². The number of hydrogen-bond donors (Lipinski definition) is 2. The van der Waals surface area contributed by atoms with Crippen LogP contribution in [0.3, 0.4) is 0 Å². The minimum absolute atomic E-state index is 0.225. The molecule has 0 saturated heterocycles. The van der Waals surface area contributed by atoms with Crippen LogP contribution in [0.2, 0.25) is 0 Å². The minimum atomic E-state index is -0.225. The topological polar surface area (TPSA) is 107 Å². The molecule has 0 aliphatic heterocycles. The highest BCUT2D eigenvalue weighted by atomic mass is 16.5. The number of nitrogens with one attached hydrogen (secondary N) is 2. The normalized spacial score (nSPS) is 13.5. The molecule has 3 aromatic heterocycles. The first-order chi connectivity index (χ1) is 17.5. The number of anilines is 3. The van der Waals surface area contributed by atoms with Gasteiger partial charge in [0.2, 0.25) is 5.88 Å². The van der Waals surface area contributed by atoms with E-state index in [9.17, 15) is 4.79 Å². The van der Waals surface area contributed by atoms with Crippen LogP contribution >= 0.6 is 0 Å². The van der Waals surface area contributed by atoms with Gasteiger partial charge in [-0.25, -0.2) is 9.67 Å². The van der Waals surface area contributed by atoms with E-state index in [0.29, 0.717) is 28.8 Å². The molecule has 4 aromatic rings. The summed E-state index contributed by atoms with van der Waals surface area (Å²) in [6.07, 6.45) is 6.32. The highest BCUT2D eigenvalue weighted by Crippen LogP contribution is 2.23. The molecule has 1 aliphatic rings. The second kappa shape index (κ2) is 10.2. The monoisotopic (exact) mass is 483 g/mol. The molecule has 1 aliphatic carbocycles. The van der Waals surface area contributed by atoms with Crippen molar-refractivity contribution in [2.45, 2.75) is 52.6 Å². The van der Waals surface area contributed by atoms with Crippen LogP contribution in [0.5, 0.6) is 5.88 Å². The van der Waals surface area contributed by atoms with Gasteiger partial charge in [-0.15, -0.1) is 10.2 Å². The zero-order chi connectivity index (χ0) is 25.1. The lowest BCUT2D eigenvalue weighted by atomic mass is 10.2. The van der Waals surface area contributed by atoms with E-state index < -0.39 is 0 Å². The molecule has 0 unspecified atom stereocenters. The van der Waals surface area contributed by atoms with Gasteiger partial charge in [0.15, 0.2) is 11.6 Å². The number of pyridine rings is 1. The van der Waals surface area contributed by atoms with E-state index in [-0.39, 0.29) is 12.0 Å². The van der Waals surface area contributed by atoms with Crippen molar-refractivity contribution < 1.29 is 9.53 Å². The van der Waals surface area contributed by atoms with Crippen molar-refractivity contribution in [2.24, 2.45) is 0 Å². The van der Waals surface area contributed by atoms with Crippen LogP contribution in [-0.4, -0.2) is 37.0 Å². The fourth-order valence-electron chi connectivity index (χ4n) is 4.20. The van der Waals surface area contributed by atoms with Crippen LogP contribution in [0, 0.1) is 20.8 Å². The molecule has 1 amide bonds. The van der Waals surface area contributed by atoms with Crippen LogP contribution in [-0.2, 0) is 0 Å². The van der Waals surface area contributed by atoms with Gasteiger partial charge >= 0.3 is 0 Å². The predicted octanol–water partition coefficient (Wildman–Crippen LogP) is 5.30. The number of rotatable bonds is 7. The molecule has 3 heterocycles. The van der Waals surface area contributed by atoms with Crippen molar-refractivity contribution in [3.63, 3.8) is 0 Å². The molecule has 1 fully saturated rings. The van der Waals surface area contributed by atoms with Gasteiger partial charge in [0.25, 0.3) is 5.91 Å². The second-order valence-corrected chi connectivity index (χ2v) is 9.05. The molecule has 9 nitrogen and oxygen atoms in total. The van der Waals surface area contributed by atoms with E-state index in [1.807, 2.05) is 57.2 Å². The van der Waals surface area contributed by atoms with Gasteiger partial charge in [-0.3, -0.25) is 4.79 Å². The van der Waals surface area contributed by atoms with E-state index in [1.54, 1.807) is 23.0 Å². The lowest BCUT2D eigenvalue weighted by Gasteiger charge is -2.12. The van der Waals surface area contributed by atoms with E-state index in [4.69, 9.17) is 4.74 Å². The highest BCUT2D eigenvalue weighted by molar-refractivity contribution is 6.04. The van der Waals surface area contributed by atoms with Crippen molar-refractivity contribution in [3.8, 4) is 11.7 Å². The molecule has 1 saturated carbocycles. The van der Waals surface area contributed by atoms with E-state index in [1.165, 1.54) is 12.8 Å². The molecule has 1 aromatic carbocycles. The second-order valence-electron chi connectivity index (χ2n) is 9.05.